The number of nitrogens with one attached hydrogen (secondary N) is 1. The topological polar surface area (TPSA) is 111 Å². The fourth-order valence-electron chi connectivity index (χ4n) is 2.90. The average Bonchev–Trinajstić information content (AvgIpc) is 2.82. The number of anilines is 1. The molecule has 0 aliphatic heterocycles. The summed E-state index contributed by atoms with van der Waals surface area (Å²) in [4.78, 5) is 23.5. The Kier molecular flexibility index (Phi) is 7.68. The van der Waals surface area contributed by atoms with Gasteiger partial charge in [0, 0.05) is 16.3 Å². The number of hydrogen-bond acceptors (Lipinski definition) is 6. The van der Waals surface area contributed by atoms with Crippen molar-refractivity contribution in [3.05, 3.63) is 94.0 Å². The van der Waals surface area contributed by atoms with Crippen molar-refractivity contribution >= 4 is 35.2 Å². The first-order valence-electron chi connectivity index (χ1n) is 9.70. The summed E-state index contributed by atoms with van der Waals surface area (Å²) < 4.78 is 11.2. The average molecular weight is 462 g/mol. The summed E-state index contributed by atoms with van der Waals surface area (Å²) in [6.07, 6.45) is 1.39. The van der Waals surface area contributed by atoms with E-state index in [0.29, 0.717) is 22.1 Å². The van der Waals surface area contributed by atoms with Crippen LogP contribution in [0.25, 0.3) is 6.08 Å². The first-order valence-corrected chi connectivity index (χ1v) is 10.1. The molecule has 0 heterocycles. The maximum absolute atomic E-state index is 12.5. The molecule has 1 amide bonds. The van der Waals surface area contributed by atoms with Gasteiger partial charge >= 0.3 is 0 Å². The molecule has 0 aliphatic rings. The van der Waals surface area contributed by atoms with Gasteiger partial charge in [0.05, 0.1) is 13.1 Å². The van der Waals surface area contributed by atoms with E-state index in [1.165, 1.54) is 37.5 Å². The minimum Gasteiger partial charge on any atom is -0.545 e. The van der Waals surface area contributed by atoms with Gasteiger partial charge in [0.25, 0.3) is 5.91 Å². The maximum Gasteiger partial charge on any atom is 0.266 e. The molecule has 33 heavy (non-hydrogen) atoms. The monoisotopic (exact) mass is 461 g/mol. The standard InChI is InChI=1S/C25H19ClN2O5/c1-32-22-10-9-16(12-23(22)33-15-18-5-2-3-8-21(18)26)11-19(14-27)24(29)28-20-7-4-6-17(13-20)25(30)31/h2-13H,15H2,1H3,(H,28,29)(H,30,31)/p-1/b19-11+. The van der Waals surface area contributed by atoms with Crippen LogP contribution in [-0.2, 0) is 11.4 Å². The Labute approximate surface area is 195 Å². The summed E-state index contributed by atoms with van der Waals surface area (Å²) in [5, 5.41) is 23.6. The molecule has 0 atom stereocenters. The third kappa shape index (κ3) is 6.12. The molecular formula is C25H18ClN2O5-. The van der Waals surface area contributed by atoms with Crippen molar-refractivity contribution in [3.63, 3.8) is 0 Å². The van der Waals surface area contributed by atoms with Crippen LogP contribution in [0.2, 0.25) is 5.02 Å². The lowest BCUT2D eigenvalue weighted by molar-refractivity contribution is -0.255. The molecule has 7 nitrogen and oxygen atoms in total. The van der Waals surface area contributed by atoms with Crippen molar-refractivity contribution in [3.8, 4) is 17.6 Å². The molecule has 3 aromatic rings. The third-order valence-electron chi connectivity index (χ3n) is 4.56. The summed E-state index contributed by atoms with van der Waals surface area (Å²) in [7, 11) is 1.50. The van der Waals surface area contributed by atoms with Crippen molar-refractivity contribution in [2.24, 2.45) is 0 Å². The summed E-state index contributed by atoms with van der Waals surface area (Å²) in [6, 6.07) is 19.6. The highest BCUT2D eigenvalue weighted by Gasteiger charge is 2.12. The molecule has 8 heteroatoms. The molecular weight excluding hydrogens is 444 g/mol. The highest BCUT2D eigenvalue weighted by Crippen LogP contribution is 2.30. The van der Waals surface area contributed by atoms with Crippen LogP contribution < -0.4 is 19.9 Å². The Balaban J connectivity index is 1.81. The van der Waals surface area contributed by atoms with Gasteiger partial charge in [-0.15, -0.1) is 0 Å². The summed E-state index contributed by atoms with van der Waals surface area (Å²) in [6.45, 7) is 0.198. The van der Waals surface area contributed by atoms with Crippen molar-refractivity contribution in [1.82, 2.24) is 0 Å². The Morgan fingerprint density at radius 2 is 1.88 bits per heavy atom. The summed E-state index contributed by atoms with van der Waals surface area (Å²) in [5.74, 6) is -1.18. The number of carbonyl (C=O) groups excluding carboxylic acids is 2. The Hall–Kier alpha value is -4.28. The fraction of sp³-hybridized carbons (Fsp3) is 0.0800. The molecule has 0 saturated heterocycles. The lowest BCUT2D eigenvalue weighted by atomic mass is 10.1. The first kappa shape index (κ1) is 23.4. The van der Waals surface area contributed by atoms with Gasteiger partial charge in [-0.3, -0.25) is 4.79 Å². The summed E-state index contributed by atoms with van der Waals surface area (Å²) in [5.41, 5.74) is 1.27. The highest BCUT2D eigenvalue weighted by molar-refractivity contribution is 6.31. The van der Waals surface area contributed by atoms with Gasteiger partial charge in [0.15, 0.2) is 11.5 Å². The number of ether oxygens (including phenoxy) is 2. The molecule has 0 bridgehead atoms. The molecule has 166 valence electrons. The minimum atomic E-state index is -1.37. The number of aromatic carboxylic acids is 1. The van der Waals surface area contributed by atoms with E-state index in [9.17, 15) is 20.0 Å². The van der Waals surface area contributed by atoms with Crippen LogP contribution in [0.1, 0.15) is 21.5 Å². The van der Waals surface area contributed by atoms with E-state index in [1.807, 2.05) is 24.3 Å². The zero-order valence-electron chi connectivity index (χ0n) is 17.5. The predicted octanol–water partition coefficient (Wildman–Crippen LogP) is 3.84. The van der Waals surface area contributed by atoms with Crippen LogP contribution in [0.4, 0.5) is 5.69 Å². The number of amides is 1. The van der Waals surface area contributed by atoms with Crippen molar-refractivity contribution in [1.29, 1.82) is 5.26 Å². The van der Waals surface area contributed by atoms with Crippen molar-refractivity contribution < 1.29 is 24.2 Å². The molecule has 3 aromatic carbocycles. The van der Waals surface area contributed by atoms with E-state index in [-0.39, 0.29) is 23.4 Å². The van der Waals surface area contributed by atoms with E-state index in [1.54, 1.807) is 24.3 Å². The normalized spacial score (nSPS) is 10.8. The minimum absolute atomic E-state index is 0.0919. The van der Waals surface area contributed by atoms with Crippen LogP contribution in [0.5, 0.6) is 11.5 Å². The number of methoxy groups -OCH3 is 1. The number of hydrogen-bond donors (Lipinski definition) is 1. The summed E-state index contributed by atoms with van der Waals surface area (Å²) >= 11 is 6.17. The van der Waals surface area contributed by atoms with Gasteiger partial charge < -0.3 is 24.7 Å². The highest BCUT2D eigenvalue weighted by atomic mass is 35.5. The number of nitrogens with zero attached hydrogens (tertiary/aromatic N) is 1. The molecule has 0 aliphatic carbocycles. The zero-order chi connectivity index (χ0) is 23.8. The van der Waals surface area contributed by atoms with Crippen molar-refractivity contribution in [2.45, 2.75) is 6.61 Å². The number of carbonyl (C=O) groups is 2. The third-order valence-corrected chi connectivity index (χ3v) is 4.93. The predicted molar refractivity (Wildman–Crippen MR) is 122 cm³/mol. The number of benzene rings is 3. The molecule has 1 N–H and O–H groups in total. The smallest absolute Gasteiger partial charge is 0.266 e. The molecule has 0 aromatic heterocycles. The van der Waals surface area contributed by atoms with Crippen molar-refractivity contribution in [2.75, 3.05) is 12.4 Å². The van der Waals surface area contributed by atoms with E-state index in [4.69, 9.17) is 21.1 Å². The van der Waals surface area contributed by atoms with Gasteiger partial charge in [0.1, 0.15) is 18.2 Å². The second-order valence-corrected chi connectivity index (χ2v) is 7.19. The molecule has 0 fully saturated rings. The quantitative estimate of drug-likeness (QED) is 0.403. The van der Waals surface area contributed by atoms with Gasteiger partial charge in [-0.25, -0.2) is 0 Å². The van der Waals surface area contributed by atoms with E-state index < -0.39 is 11.9 Å². The van der Waals surface area contributed by atoms with Gasteiger partial charge in [-0.05, 0) is 47.5 Å². The van der Waals surface area contributed by atoms with E-state index >= 15 is 0 Å². The van der Waals surface area contributed by atoms with Crippen LogP contribution >= 0.6 is 11.6 Å². The Morgan fingerprint density at radius 3 is 2.58 bits per heavy atom. The molecule has 0 radical (unpaired) electrons. The molecule has 0 spiro atoms. The Bertz CT molecular complexity index is 1260. The second kappa shape index (κ2) is 10.8. The number of nitriles is 1. The van der Waals surface area contributed by atoms with Crippen LogP contribution in [0, 0.1) is 11.3 Å². The second-order valence-electron chi connectivity index (χ2n) is 6.78. The number of carboxylic acids is 1. The Morgan fingerprint density at radius 1 is 1.09 bits per heavy atom. The SMILES string of the molecule is COc1ccc(/C=C(\C#N)C(=O)Nc2cccc(C(=O)[O-])c2)cc1OCc1ccccc1Cl. The largest absolute Gasteiger partial charge is 0.545 e. The van der Waals surface area contributed by atoms with Crippen LogP contribution in [0.15, 0.2) is 72.3 Å². The number of carboxylic acid groups (broad SMARTS) is 1. The van der Waals surface area contributed by atoms with E-state index in [2.05, 4.69) is 5.32 Å². The van der Waals surface area contributed by atoms with E-state index in [0.717, 1.165) is 5.56 Å². The lowest BCUT2D eigenvalue weighted by Crippen LogP contribution is -2.22. The molecule has 3 rings (SSSR count). The van der Waals surface area contributed by atoms with Gasteiger partial charge in [-0.2, -0.15) is 5.26 Å². The zero-order valence-corrected chi connectivity index (χ0v) is 18.3. The van der Waals surface area contributed by atoms with Crippen LogP contribution in [-0.4, -0.2) is 19.0 Å². The number of rotatable bonds is 8. The molecule has 0 unspecified atom stereocenters. The first-order chi connectivity index (χ1) is 15.9. The van der Waals surface area contributed by atoms with Gasteiger partial charge in [0.2, 0.25) is 0 Å². The molecule has 0 saturated carbocycles. The maximum atomic E-state index is 12.5. The van der Waals surface area contributed by atoms with Crippen LogP contribution in [0.3, 0.4) is 0 Å². The number of halogens is 1. The lowest BCUT2D eigenvalue weighted by Gasteiger charge is -2.12. The fourth-order valence-corrected chi connectivity index (χ4v) is 3.09. The van der Waals surface area contributed by atoms with Gasteiger partial charge in [-0.1, -0.05) is 48.0 Å².